The second kappa shape index (κ2) is 4.30. The molecule has 2 rings (SSSR count). The van der Waals surface area contributed by atoms with Crippen LogP contribution in [-0.2, 0) is 0 Å². The predicted octanol–water partition coefficient (Wildman–Crippen LogP) is 2.46. The first-order chi connectivity index (χ1) is 7.68. The summed E-state index contributed by atoms with van der Waals surface area (Å²) in [6.45, 7) is -0.657. The first kappa shape index (κ1) is 10.6. The first-order valence-electron chi connectivity index (χ1n) is 4.72. The highest BCUT2D eigenvalue weighted by molar-refractivity contribution is 5.93. The van der Waals surface area contributed by atoms with E-state index in [1.807, 2.05) is 0 Å². The van der Waals surface area contributed by atoms with Crippen LogP contribution in [0.25, 0.3) is 10.9 Å². The van der Waals surface area contributed by atoms with E-state index in [2.05, 4.69) is 4.98 Å². The van der Waals surface area contributed by atoms with Crippen LogP contribution in [0.1, 0.15) is 0 Å². The molecule has 1 aromatic heterocycles. The molecule has 16 heavy (non-hydrogen) atoms. The number of nitrogen functional groups attached to an aromatic ring is 1. The average molecular weight is 224 g/mol. The van der Waals surface area contributed by atoms with Crippen LogP contribution in [0, 0.1) is 0 Å². The van der Waals surface area contributed by atoms with Gasteiger partial charge in [0, 0.05) is 11.6 Å². The van der Waals surface area contributed by atoms with Gasteiger partial charge in [-0.3, -0.25) is 4.98 Å². The number of halogens is 2. The summed E-state index contributed by atoms with van der Waals surface area (Å²) >= 11 is 0. The lowest BCUT2D eigenvalue weighted by atomic mass is 10.2. The number of ether oxygens (including phenoxy) is 1. The summed E-state index contributed by atoms with van der Waals surface area (Å²) in [4.78, 5) is 4.09. The van der Waals surface area contributed by atoms with Crippen molar-refractivity contribution in [1.29, 1.82) is 0 Å². The van der Waals surface area contributed by atoms with Gasteiger partial charge in [-0.1, -0.05) is 0 Å². The van der Waals surface area contributed by atoms with Crippen molar-refractivity contribution in [3.05, 3.63) is 30.5 Å². The van der Waals surface area contributed by atoms with Crippen molar-refractivity contribution in [1.82, 2.24) is 4.98 Å². The van der Waals surface area contributed by atoms with E-state index in [0.29, 0.717) is 16.6 Å². The van der Waals surface area contributed by atoms with E-state index >= 15 is 0 Å². The van der Waals surface area contributed by atoms with Gasteiger partial charge in [0.25, 0.3) is 6.43 Å². The van der Waals surface area contributed by atoms with Gasteiger partial charge in [0.15, 0.2) is 0 Å². The number of nitrogens with two attached hydrogens (primary N) is 1. The summed E-state index contributed by atoms with van der Waals surface area (Å²) in [5.41, 5.74) is 6.85. The van der Waals surface area contributed by atoms with Crippen LogP contribution < -0.4 is 10.5 Å². The Labute approximate surface area is 90.8 Å². The van der Waals surface area contributed by atoms with Crippen molar-refractivity contribution in [3.63, 3.8) is 0 Å². The molecular weight excluding hydrogens is 214 g/mol. The van der Waals surface area contributed by atoms with E-state index in [1.165, 1.54) is 0 Å². The third kappa shape index (κ3) is 2.03. The van der Waals surface area contributed by atoms with Crippen molar-refractivity contribution in [2.24, 2.45) is 0 Å². The lowest BCUT2D eigenvalue weighted by Crippen LogP contribution is -2.08. The van der Waals surface area contributed by atoms with Crippen LogP contribution in [0.4, 0.5) is 14.5 Å². The number of hydrogen-bond donors (Lipinski definition) is 1. The summed E-state index contributed by atoms with van der Waals surface area (Å²) in [6.07, 6.45) is -0.870. The first-order valence-corrected chi connectivity index (χ1v) is 4.72. The van der Waals surface area contributed by atoms with Gasteiger partial charge in [0.1, 0.15) is 12.4 Å². The monoisotopic (exact) mass is 224 g/mol. The van der Waals surface area contributed by atoms with Crippen molar-refractivity contribution in [3.8, 4) is 5.75 Å². The van der Waals surface area contributed by atoms with Gasteiger partial charge < -0.3 is 10.5 Å². The topological polar surface area (TPSA) is 48.1 Å². The Balaban J connectivity index is 2.37. The zero-order valence-corrected chi connectivity index (χ0v) is 8.36. The van der Waals surface area contributed by atoms with E-state index in [-0.39, 0.29) is 5.75 Å². The maximum absolute atomic E-state index is 12.0. The van der Waals surface area contributed by atoms with E-state index in [1.54, 1.807) is 30.5 Å². The number of hydrogen-bond acceptors (Lipinski definition) is 3. The minimum Gasteiger partial charge on any atom is -0.485 e. The summed E-state index contributed by atoms with van der Waals surface area (Å²) in [7, 11) is 0. The van der Waals surface area contributed by atoms with Gasteiger partial charge in [-0.05, 0) is 24.3 Å². The SMILES string of the molecule is Nc1c(OCC(F)F)ccc2ncccc12. The molecule has 0 spiro atoms. The second-order valence-electron chi connectivity index (χ2n) is 3.25. The fourth-order valence-electron chi connectivity index (χ4n) is 1.43. The Morgan fingerprint density at radius 3 is 2.88 bits per heavy atom. The number of fused-ring (bicyclic) bond motifs is 1. The van der Waals surface area contributed by atoms with Crippen LogP contribution in [0.5, 0.6) is 5.75 Å². The largest absolute Gasteiger partial charge is 0.485 e. The number of aromatic nitrogens is 1. The van der Waals surface area contributed by atoms with Gasteiger partial charge in [-0.15, -0.1) is 0 Å². The van der Waals surface area contributed by atoms with E-state index < -0.39 is 13.0 Å². The molecule has 0 aliphatic carbocycles. The number of nitrogens with zero attached hydrogens (tertiary/aromatic N) is 1. The van der Waals surface area contributed by atoms with Crippen molar-refractivity contribution in [2.75, 3.05) is 12.3 Å². The normalized spacial score (nSPS) is 10.9. The zero-order chi connectivity index (χ0) is 11.5. The van der Waals surface area contributed by atoms with Gasteiger partial charge in [0.2, 0.25) is 0 Å². The third-order valence-corrected chi connectivity index (χ3v) is 2.15. The van der Waals surface area contributed by atoms with Crippen LogP contribution >= 0.6 is 0 Å². The fraction of sp³-hybridized carbons (Fsp3) is 0.182. The van der Waals surface area contributed by atoms with Crippen LogP contribution in [0.15, 0.2) is 30.5 Å². The highest BCUT2D eigenvalue weighted by atomic mass is 19.3. The van der Waals surface area contributed by atoms with Crippen molar-refractivity contribution in [2.45, 2.75) is 6.43 Å². The Morgan fingerprint density at radius 2 is 2.12 bits per heavy atom. The summed E-state index contributed by atoms with van der Waals surface area (Å²) in [5, 5.41) is 0.703. The lowest BCUT2D eigenvalue weighted by molar-refractivity contribution is 0.0823. The minimum atomic E-state index is -2.51. The maximum Gasteiger partial charge on any atom is 0.272 e. The molecule has 0 bridgehead atoms. The Hall–Kier alpha value is -1.91. The van der Waals surface area contributed by atoms with Gasteiger partial charge in [-0.25, -0.2) is 8.78 Å². The lowest BCUT2D eigenvalue weighted by Gasteiger charge is -2.09. The molecule has 84 valence electrons. The molecule has 0 fully saturated rings. The molecule has 2 aromatic rings. The standard InChI is InChI=1S/C11H10F2N2O/c12-10(13)6-16-9-4-3-8-7(11(9)14)2-1-5-15-8/h1-5,10H,6,14H2. The molecule has 2 N–H and O–H groups in total. The quantitative estimate of drug-likeness (QED) is 0.814. The third-order valence-electron chi connectivity index (χ3n) is 2.15. The number of anilines is 1. The number of alkyl halides is 2. The highest BCUT2D eigenvalue weighted by Gasteiger charge is 2.08. The fourth-order valence-corrected chi connectivity index (χ4v) is 1.43. The van der Waals surface area contributed by atoms with Crippen LogP contribution in [-0.4, -0.2) is 18.0 Å². The average Bonchev–Trinajstić information content (AvgIpc) is 2.28. The molecule has 0 radical (unpaired) electrons. The number of pyridine rings is 1. The molecule has 0 saturated carbocycles. The summed E-state index contributed by atoms with van der Waals surface area (Å²) in [6, 6.07) is 6.74. The summed E-state index contributed by atoms with van der Waals surface area (Å²) in [5.74, 6) is 0.265. The molecule has 1 aromatic carbocycles. The number of rotatable bonds is 3. The molecule has 5 heteroatoms. The van der Waals surface area contributed by atoms with Crippen LogP contribution in [0.2, 0.25) is 0 Å². The molecule has 0 saturated heterocycles. The molecule has 0 aliphatic heterocycles. The summed E-state index contributed by atoms with van der Waals surface area (Å²) < 4.78 is 28.9. The van der Waals surface area contributed by atoms with Crippen molar-refractivity contribution >= 4 is 16.6 Å². The molecule has 1 heterocycles. The van der Waals surface area contributed by atoms with Crippen LogP contribution in [0.3, 0.4) is 0 Å². The Bertz CT molecular complexity index is 502. The van der Waals surface area contributed by atoms with E-state index in [9.17, 15) is 8.78 Å². The predicted molar refractivity (Wildman–Crippen MR) is 57.7 cm³/mol. The van der Waals surface area contributed by atoms with Gasteiger partial charge in [-0.2, -0.15) is 0 Å². The Kier molecular flexibility index (Phi) is 2.85. The van der Waals surface area contributed by atoms with E-state index in [0.717, 1.165) is 0 Å². The molecule has 0 atom stereocenters. The smallest absolute Gasteiger partial charge is 0.272 e. The zero-order valence-electron chi connectivity index (χ0n) is 8.36. The highest BCUT2D eigenvalue weighted by Crippen LogP contribution is 2.29. The maximum atomic E-state index is 12.0. The molecule has 0 amide bonds. The van der Waals surface area contributed by atoms with Gasteiger partial charge >= 0.3 is 0 Å². The molecule has 0 aliphatic rings. The van der Waals surface area contributed by atoms with Gasteiger partial charge in [0.05, 0.1) is 11.2 Å². The van der Waals surface area contributed by atoms with Crippen molar-refractivity contribution < 1.29 is 13.5 Å². The van der Waals surface area contributed by atoms with E-state index in [4.69, 9.17) is 10.5 Å². The Morgan fingerprint density at radius 1 is 1.31 bits per heavy atom. The minimum absolute atomic E-state index is 0.265. The molecule has 0 unspecified atom stereocenters. The number of benzene rings is 1. The second-order valence-corrected chi connectivity index (χ2v) is 3.25. The molecule has 3 nitrogen and oxygen atoms in total. The molecular formula is C11H10F2N2O.